The molecule has 7 nitrogen and oxygen atoms in total. The van der Waals surface area contributed by atoms with Gasteiger partial charge < -0.3 is 18.6 Å². The van der Waals surface area contributed by atoms with Gasteiger partial charge in [-0.05, 0) is 37.1 Å². The second-order valence-electron chi connectivity index (χ2n) is 6.81. The van der Waals surface area contributed by atoms with E-state index < -0.39 is 0 Å². The molecule has 2 saturated heterocycles. The lowest BCUT2D eigenvalue weighted by atomic mass is 10.1. The Balaban J connectivity index is 1.34. The summed E-state index contributed by atoms with van der Waals surface area (Å²) in [6, 6.07) is 6.83. The largest absolute Gasteiger partial charge is 0.468 e. The Morgan fingerprint density at radius 1 is 1.00 bits per heavy atom. The van der Waals surface area contributed by atoms with Gasteiger partial charge in [-0.1, -0.05) is 0 Å². The lowest BCUT2D eigenvalue weighted by molar-refractivity contribution is -0.137. The van der Waals surface area contributed by atoms with Gasteiger partial charge in [-0.25, -0.2) is 0 Å². The number of piperazine rings is 1. The zero-order valence-corrected chi connectivity index (χ0v) is 14.7. The summed E-state index contributed by atoms with van der Waals surface area (Å²) in [5.74, 6) is 1.10. The van der Waals surface area contributed by atoms with Gasteiger partial charge in [0.15, 0.2) is 5.76 Å². The smallest absolute Gasteiger partial charge is 0.290 e. The van der Waals surface area contributed by atoms with Crippen molar-refractivity contribution in [2.75, 3.05) is 32.7 Å². The molecule has 0 unspecified atom stereocenters. The molecule has 0 spiro atoms. The molecule has 4 heterocycles. The van der Waals surface area contributed by atoms with Crippen molar-refractivity contribution in [3.05, 3.63) is 48.3 Å². The van der Waals surface area contributed by atoms with Crippen molar-refractivity contribution in [1.29, 1.82) is 0 Å². The van der Waals surface area contributed by atoms with E-state index in [2.05, 4.69) is 4.90 Å². The molecule has 0 N–H and O–H groups in total. The molecule has 2 aliphatic heterocycles. The minimum absolute atomic E-state index is 0.0556. The van der Waals surface area contributed by atoms with E-state index >= 15 is 0 Å². The van der Waals surface area contributed by atoms with Crippen molar-refractivity contribution in [1.82, 2.24) is 14.7 Å². The summed E-state index contributed by atoms with van der Waals surface area (Å²) in [5.41, 5.74) is 0. The monoisotopic (exact) mass is 357 g/mol. The van der Waals surface area contributed by atoms with Crippen LogP contribution in [0.3, 0.4) is 0 Å². The van der Waals surface area contributed by atoms with Crippen molar-refractivity contribution in [2.45, 2.75) is 25.4 Å². The standard InChI is InChI=1S/C19H23N3O4/c23-18(16-5-1-7-22(16)19(24)17-6-3-13-26-17)21-10-8-20(9-11-21)14-15-4-2-12-25-15/h2-4,6,12-13,16H,1,5,7-11,14H2/t16-/m0/s1. The fraction of sp³-hybridized carbons (Fsp3) is 0.474. The van der Waals surface area contributed by atoms with E-state index in [-0.39, 0.29) is 17.9 Å². The van der Waals surface area contributed by atoms with E-state index in [1.165, 1.54) is 6.26 Å². The van der Waals surface area contributed by atoms with Crippen LogP contribution in [0.4, 0.5) is 0 Å². The number of hydrogen-bond acceptors (Lipinski definition) is 5. The molecule has 138 valence electrons. The molecule has 2 fully saturated rings. The zero-order valence-electron chi connectivity index (χ0n) is 14.7. The topological polar surface area (TPSA) is 70.1 Å². The van der Waals surface area contributed by atoms with Crippen molar-refractivity contribution >= 4 is 11.8 Å². The fourth-order valence-electron chi connectivity index (χ4n) is 3.77. The van der Waals surface area contributed by atoms with E-state index in [0.717, 1.165) is 38.2 Å². The summed E-state index contributed by atoms with van der Waals surface area (Å²) in [6.45, 7) is 4.35. The van der Waals surface area contributed by atoms with Gasteiger partial charge in [0.05, 0.1) is 19.1 Å². The third-order valence-electron chi connectivity index (χ3n) is 5.17. The number of amides is 2. The van der Waals surface area contributed by atoms with E-state index in [9.17, 15) is 9.59 Å². The molecule has 2 aromatic rings. The first-order chi connectivity index (χ1) is 12.7. The summed E-state index contributed by atoms with van der Waals surface area (Å²) in [4.78, 5) is 31.4. The van der Waals surface area contributed by atoms with Crippen LogP contribution in [0.15, 0.2) is 45.6 Å². The Kier molecular flexibility index (Phi) is 4.79. The Labute approximate surface area is 152 Å². The highest BCUT2D eigenvalue weighted by Gasteiger charge is 2.38. The second kappa shape index (κ2) is 7.37. The Bertz CT molecular complexity index is 733. The second-order valence-corrected chi connectivity index (χ2v) is 6.81. The maximum atomic E-state index is 13.0. The predicted octanol–water partition coefficient (Wildman–Crippen LogP) is 1.82. The highest BCUT2D eigenvalue weighted by molar-refractivity contribution is 5.96. The molecule has 2 amide bonds. The van der Waals surface area contributed by atoms with Gasteiger partial charge >= 0.3 is 0 Å². The number of hydrogen-bond donors (Lipinski definition) is 0. The van der Waals surface area contributed by atoms with Crippen molar-refractivity contribution in [3.63, 3.8) is 0 Å². The molecule has 0 radical (unpaired) electrons. The van der Waals surface area contributed by atoms with Crippen LogP contribution in [-0.2, 0) is 11.3 Å². The highest BCUT2D eigenvalue weighted by Crippen LogP contribution is 2.23. The first-order valence-electron chi connectivity index (χ1n) is 9.10. The van der Waals surface area contributed by atoms with Gasteiger partial charge in [-0.2, -0.15) is 0 Å². The van der Waals surface area contributed by atoms with Crippen LogP contribution < -0.4 is 0 Å². The number of rotatable bonds is 4. The normalized spacial score (nSPS) is 21.3. The minimum Gasteiger partial charge on any atom is -0.468 e. The number of carbonyl (C=O) groups excluding carboxylic acids is 2. The first kappa shape index (κ1) is 16.9. The molecule has 2 aliphatic rings. The number of furan rings is 2. The molecule has 7 heteroatoms. The number of carbonyl (C=O) groups is 2. The molecule has 2 aromatic heterocycles. The number of likely N-dealkylation sites (tertiary alicyclic amines) is 1. The van der Waals surface area contributed by atoms with Crippen molar-refractivity contribution in [2.24, 2.45) is 0 Å². The molecule has 0 aromatic carbocycles. The van der Waals surface area contributed by atoms with E-state index in [4.69, 9.17) is 8.83 Å². The van der Waals surface area contributed by atoms with Crippen molar-refractivity contribution < 1.29 is 18.4 Å². The van der Waals surface area contributed by atoms with Gasteiger partial charge in [0.25, 0.3) is 5.91 Å². The SMILES string of the molecule is O=C([C@@H]1CCCN1C(=O)c1ccco1)N1CCN(Cc2ccco2)CC1. The highest BCUT2D eigenvalue weighted by atomic mass is 16.3. The molecule has 26 heavy (non-hydrogen) atoms. The molecular formula is C19H23N3O4. The molecular weight excluding hydrogens is 334 g/mol. The summed E-state index contributed by atoms with van der Waals surface area (Å²) in [7, 11) is 0. The third kappa shape index (κ3) is 3.39. The molecule has 4 rings (SSSR count). The predicted molar refractivity (Wildman–Crippen MR) is 93.3 cm³/mol. The third-order valence-corrected chi connectivity index (χ3v) is 5.17. The van der Waals surface area contributed by atoms with Gasteiger partial charge in [0.1, 0.15) is 11.8 Å². The fourth-order valence-corrected chi connectivity index (χ4v) is 3.77. The molecule has 0 bridgehead atoms. The summed E-state index contributed by atoms with van der Waals surface area (Å²) < 4.78 is 10.6. The first-order valence-corrected chi connectivity index (χ1v) is 9.10. The lowest BCUT2D eigenvalue weighted by Gasteiger charge is -2.36. The zero-order chi connectivity index (χ0) is 17.9. The molecule has 0 aliphatic carbocycles. The quantitative estimate of drug-likeness (QED) is 0.835. The van der Waals surface area contributed by atoms with Crippen LogP contribution in [0.2, 0.25) is 0 Å². The van der Waals surface area contributed by atoms with E-state index in [1.807, 2.05) is 17.0 Å². The van der Waals surface area contributed by atoms with Crippen LogP contribution in [-0.4, -0.2) is 65.3 Å². The Hall–Kier alpha value is -2.54. The van der Waals surface area contributed by atoms with Crippen LogP contribution in [0.25, 0.3) is 0 Å². The average molecular weight is 357 g/mol. The van der Waals surface area contributed by atoms with E-state index in [1.54, 1.807) is 23.3 Å². The Morgan fingerprint density at radius 2 is 1.77 bits per heavy atom. The van der Waals surface area contributed by atoms with Gasteiger partial charge in [-0.3, -0.25) is 14.5 Å². The van der Waals surface area contributed by atoms with Crippen LogP contribution in [0.1, 0.15) is 29.2 Å². The van der Waals surface area contributed by atoms with Gasteiger partial charge in [0, 0.05) is 32.7 Å². The molecule has 1 atom stereocenters. The maximum Gasteiger partial charge on any atom is 0.290 e. The summed E-state index contributed by atoms with van der Waals surface area (Å²) >= 11 is 0. The average Bonchev–Trinajstić information content (AvgIpc) is 3.42. The van der Waals surface area contributed by atoms with Crippen LogP contribution >= 0.6 is 0 Å². The summed E-state index contributed by atoms with van der Waals surface area (Å²) in [5, 5.41) is 0. The summed E-state index contributed by atoms with van der Waals surface area (Å²) in [6.07, 6.45) is 4.73. The van der Waals surface area contributed by atoms with Crippen LogP contribution in [0.5, 0.6) is 0 Å². The van der Waals surface area contributed by atoms with Crippen molar-refractivity contribution in [3.8, 4) is 0 Å². The van der Waals surface area contributed by atoms with Gasteiger partial charge in [0.2, 0.25) is 5.91 Å². The van der Waals surface area contributed by atoms with Gasteiger partial charge in [-0.15, -0.1) is 0 Å². The number of nitrogens with zero attached hydrogens (tertiary/aromatic N) is 3. The van der Waals surface area contributed by atoms with Crippen LogP contribution in [0, 0.1) is 0 Å². The Morgan fingerprint density at radius 3 is 2.46 bits per heavy atom. The molecule has 0 saturated carbocycles. The maximum absolute atomic E-state index is 13.0. The van der Waals surface area contributed by atoms with E-state index in [0.29, 0.717) is 25.4 Å². The lowest BCUT2D eigenvalue weighted by Crippen LogP contribution is -2.54. The minimum atomic E-state index is -0.371.